The van der Waals surface area contributed by atoms with Crippen LogP contribution in [0.1, 0.15) is 17.3 Å². The molecule has 1 N–H and O–H groups in total. The summed E-state index contributed by atoms with van der Waals surface area (Å²) in [5, 5.41) is 11.8. The van der Waals surface area contributed by atoms with E-state index in [1.807, 2.05) is 0 Å². The number of anilines is 2. The third kappa shape index (κ3) is 4.29. The number of methoxy groups -OCH3 is 1. The number of hydrogen-bond acceptors (Lipinski definition) is 9. The summed E-state index contributed by atoms with van der Waals surface area (Å²) in [5.74, 6) is -1.66. The van der Waals surface area contributed by atoms with Crippen molar-refractivity contribution in [3.05, 3.63) is 53.1 Å². The molecule has 4 rings (SSSR count). The van der Waals surface area contributed by atoms with Crippen molar-refractivity contribution < 1.29 is 28.7 Å². The molecule has 2 aromatic rings. The lowest BCUT2D eigenvalue weighted by atomic mass is 10.1. The summed E-state index contributed by atoms with van der Waals surface area (Å²) in [6.45, 7) is 1.66. The Bertz CT molecular complexity index is 1180. The number of carbonyl (C=O) groups is 4. The number of esters is 1. The van der Waals surface area contributed by atoms with E-state index in [1.165, 1.54) is 36.4 Å². The van der Waals surface area contributed by atoms with E-state index in [1.54, 1.807) is 25.1 Å². The number of imide groups is 1. The molecule has 1 saturated heterocycles. The van der Waals surface area contributed by atoms with Crippen LogP contribution in [-0.4, -0.2) is 61.0 Å². The maximum atomic E-state index is 13.1. The van der Waals surface area contributed by atoms with E-state index < -0.39 is 35.8 Å². The summed E-state index contributed by atoms with van der Waals surface area (Å²) in [6, 6.07) is 8.60. The first-order valence-electron chi connectivity index (χ1n) is 10.3. The average Bonchev–Trinajstić information content (AvgIpc) is 3.33. The van der Waals surface area contributed by atoms with Gasteiger partial charge in [-0.1, -0.05) is 16.8 Å². The van der Waals surface area contributed by atoms with Crippen LogP contribution >= 0.6 is 11.6 Å². The van der Waals surface area contributed by atoms with Crippen LogP contribution in [0.5, 0.6) is 5.75 Å². The third-order valence-corrected chi connectivity index (χ3v) is 5.53. The number of hydrogen-bond donors (Lipinski definition) is 1. The molecule has 176 valence electrons. The highest BCUT2D eigenvalue weighted by Gasteiger charge is 2.55. The Morgan fingerprint density at radius 3 is 2.50 bits per heavy atom. The molecule has 2 heterocycles. The Labute approximate surface area is 199 Å². The molecule has 0 aromatic heterocycles. The molecular formula is C22H20ClN5O6. The van der Waals surface area contributed by atoms with Crippen molar-refractivity contribution in [1.82, 2.24) is 5.01 Å². The molecule has 0 radical (unpaired) electrons. The lowest BCUT2D eigenvalue weighted by Crippen LogP contribution is -2.43. The summed E-state index contributed by atoms with van der Waals surface area (Å²) in [6.07, 6.45) is 0. The van der Waals surface area contributed by atoms with Gasteiger partial charge in [-0.3, -0.25) is 19.4 Å². The number of fused-ring (bicyclic) bond motifs is 1. The molecule has 11 nitrogen and oxygen atoms in total. The molecule has 0 spiro atoms. The van der Waals surface area contributed by atoms with Crippen LogP contribution in [-0.2, 0) is 19.1 Å². The van der Waals surface area contributed by atoms with E-state index in [9.17, 15) is 19.2 Å². The van der Waals surface area contributed by atoms with Crippen LogP contribution in [0.3, 0.4) is 0 Å². The summed E-state index contributed by atoms with van der Waals surface area (Å²) in [5.41, 5.74) is 1.07. The monoisotopic (exact) mass is 485 g/mol. The van der Waals surface area contributed by atoms with Crippen molar-refractivity contribution in [2.24, 2.45) is 10.3 Å². The minimum atomic E-state index is -1.05. The van der Waals surface area contributed by atoms with Gasteiger partial charge in [0.05, 0.1) is 30.0 Å². The largest absolute Gasteiger partial charge is 0.495 e. The maximum absolute atomic E-state index is 13.1. The van der Waals surface area contributed by atoms with Gasteiger partial charge in [0.2, 0.25) is 5.91 Å². The van der Waals surface area contributed by atoms with E-state index in [0.717, 1.165) is 4.90 Å². The molecule has 0 saturated carbocycles. The van der Waals surface area contributed by atoms with Gasteiger partial charge in [0.25, 0.3) is 11.8 Å². The van der Waals surface area contributed by atoms with Gasteiger partial charge in [-0.25, -0.2) is 9.69 Å². The van der Waals surface area contributed by atoms with E-state index in [4.69, 9.17) is 21.1 Å². The van der Waals surface area contributed by atoms with E-state index in [0.29, 0.717) is 17.0 Å². The number of amides is 3. The minimum absolute atomic E-state index is 0.240. The second-order valence-electron chi connectivity index (χ2n) is 7.37. The fraction of sp³-hybridized carbons (Fsp3) is 0.273. The van der Waals surface area contributed by atoms with Crippen LogP contribution in [0.15, 0.2) is 52.8 Å². The van der Waals surface area contributed by atoms with Crippen molar-refractivity contribution >= 4 is 46.7 Å². The normalized spacial score (nSPS) is 18.8. The Kier molecular flexibility index (Phi) is 6.46. The average molecular weight is 486 g/mol. The topological polar surface area (TPSA) is 130 Å². The second kappa shape index (κ2) is 9.48. The first-order valence-corrected chi connectivity index (χ1v) is 10.7. The van der Waals surface area contributed by atoms with Gasteiger partial charge in [-0.2, -0.15) is 5.11 Å². The number of benzene rings is 2. The maximum Gasteiger partial charge on any atom is 0.338 e. The zero-order valence-corrected chi connectivity index (χ0v) is 19.0. The number of nitrogens with one attached hydrogen (secondary N) is 1. The van der Waals surface area contributed by atoms with Crippen molar-refractivity contribution in [2.75, 3.05) is 30.5 Å². The molecule has 0 unspecified atom stereocenters. The Hall–Kier alpha value is -3.99. The molecular weight excluding hydrogens is 466 g/mol. The van der Waals surface area contributed by atoms with Gasteiger partial charge in [0.15, 0.2) is 12.1 Å². The summed E-state index contributed by atoms with van der Waals surface area (Å²) < 4.78 is 10.0. The van der Waals surface area contributed by atoms with Gasteiger partial charge in [0.1, 0.15) is 12.3 Å². The van der Waals surface area contributed by atoms with Gasteiger partial charge in [0, 0.05) is 5.69 Å². The molecule has 12 heteroatoms. The molecule has 1 fully saturated rings. The lowest BCUT2D eigenvalue weighted by molar-refractivity contribution is -0.123. The molecule has 34 heavy (non-hydrogen) atoms. The van der Waals surface area contributed by atoms with Gasteiger partial charge in [-0.05, 0) is 49.4 Å². The van der Waals surface area contributed by atoms with Gasteiger partial charge >= 0.3 is 5.97 Å². The highest BCUT2D eigenvalue weighted by molar-refractivity contribution is 6.33. The number of nitrogens with zero attached hydrogens (tertiary/aromatic N) is 4. The second-order valence-corrected chi connectivity index (χ2v) is 7.78. The summed E-state index contributed by atoms with van der Waals surface area (Å²) in [4.78, 5) is 51.2. The number of carbonyl (C=O) groups excluding carboxylic acids is 4. The smallest absolute Gasteiger partial charge is 0.338 e. The molecule has 0 aliphatic carbocycles. The van der Waals surface area contributed by atoms with E-state index >= 15 is 0 Å². The fourth-order valence-corrected chi connectivity index (χ4v) is 3.91. The highest BCUT2D eigenvalue weighted by Crippen LogP contribution is 2.35. The molecule has 2 aliphatic rings. The molecule has 2 aromatic carbocycles. The van der Waals surface area contributed by atoms with Crippen LogP contribution in [0.25, 0.3) is 0 Å². The predicted molar refractivity (Wildman–Crippen MR) is 121 cm³/mol. The van der Waals surface area contributed by atoms with Crippen LogP contribution in [0.4, 0.5) is 11.4 Å². The Balaban J connectivity index is 1.43. The summed E-state index contributed by atoms with van der Waals surface area (Å²) >= 11 is 6.14. The van der Waals surface area contributed by atoms with Crippen molar-refractivity contribution in [2.45, 2.75) is 19.0 Å². The van der Waals surface area contributed by atoms with E-state index in [-0.39, 0.29) is 23.9 Å². The summed E-state index contributed by atoms with van der Waals surface area (Å²) in [7, 11) is 1.45. The number of ether oxygens (including phenoxy) is 2. The first-order chi connectivity index (χ1) is 16.3. The zero-order valence-electron chi connectivity index (χ0n) is 18.2. The van der Waals surface area contributed by atoms with Gasteiger partial charge in [-0.15, -0.1) is 0 Å². The quantitative estimate of drug-likeness (QED) is 0.471. The predicted octanol–water partition coefficient (Wildman–Crippen LogP) is 2.46. The minimum Gasteiger partial charge on any atom is -0.495 e. The van der Waals surface area contributed by atoms with Gasteiger partial charge < -0.3 is 14.8 Å². The van der Waals surface area contributed by atoms with E-state index in [2.05, 4.69) is 15.7 Å². The molecule has 0 bridgehead atoms. The van der Waals surface area contributed by atoms with Crippen molar-refractivity contribution in [3.8, 4) is 5.75 Å². The Morgan fingerprint density at radius 2 is 1.85 bits per heavy atom. The van der Waals surface area contributed by atoms with Crippen LogP contribution < -0.4 is 15.0 Å². The molecule has 2 atom stereocenters. The van der Waals surface area contributed by atoms with Crippen molar-refractivity contribution in [1.29, 1.82) is 0 Å². The lowest BCUT2D eigenvalue weighted by Gasteiger charge is -2.20. The molecule has 2 aliphatic heterocycles. The molecule has 3 amide bonds. The number of rotatable bonds is 7. The zero-order chi connectivity index (χ0) is 24.4. The fourth-order valence-electron chi connectivity index (χ4n) is 3.65. The number of halogens is 1. The Morgan fingerprint density at radius 1 is 1.12 bits per heavy atom. The van der Waals surface area contributed by atoms with Crippen LogP contribution in [0.2, 0.25) is 5.02 Å². The standard InChI is InChI=1S/C22H20ClN5O6/c1-3-34-22(32)12-4-6-13(7-5-12)24-17(29)11-27-19-18(25-26-27)20(30)28(21(19)31)14-8-9-16(33-2)15(23)10-14/h4-10,18-19H,3,11H2,1-2H3,(H,24,29)/t18-,19+/m0/s1. The first kappa shape index (κ1) is 23.2. The van der Waals surface area contributed by atoms with Crippen molar-refractivity contribution in [3.63, 3.8) is 0 Å². The highest BCUT2D eigenvalue weighted by atomic mass is 35.5. The SMILES string of the molecule is CCOC(=O)c1ccc(NC(=O)CN2N=N[C@@H]3C(=O)N(c4ccc(OC)c(Cl)c4)C(=O)[C@@H]32)cc1. The van der Waals surface area contributed by atoms with Crippen LogP contribution in [0, 0.1) is 0 Å². The third-order valence-electron chi connectivity index (χ3n) is 5.24.